The van der Waals surface area contributed by atoms with Gasteiger partial charge in [0.15, 0.2) is 12.1 Å². The van der Waals surface area contributed by atoms with E-state index in [2.05, 4.69) is 40.5 Å². The van der Waals surface area contributed by atoms with Gasteiger partial charge in [0.25, 0.3) is 0 Å². The van der Waals surface area contributed by atoms with Crippen molar-refractivity contribution >= 4 is 45.9 Å². The number of anilines is 2. The molecule has 162 valence electrons. The number of alkyl halides is 3. The lowest BCUT2D eigenvalue weighted by atomic mass is 10.2. The number of aldehydes is 1. The summed E-state index contributed by atoms with van der Waals surface area (Å²) in [5, 5.41) is 6.88. The minimum Gasteiger partial charge on any atom is -0.388 e. The standard InChI is InChI=1S/C8H10BrF3N4O2S.C8H10FN/c1-4(18-8(10,11)12)14-19-15-7-6(9)5(3-17)16(2)13-7;1-6-5-7(10-2)3-4-8(6)9/h3-4,14H,1-2H3,(H,13,15);3-5,10H,1-2H3. The van der Waals surface area contributed by atoms with E-state index in [0.29, 0.717) is 27.8 Å². The van der Waals surface area contributed by atoms with Crippen molar-refractivity contribution in [3.63, 3.8) is 0 Å². The first-order valence-electron chi connectivity index (χ1n) is 8.02. The lowest BCUT2D eigenvalue weighted by Crippen LogP contribution is -2.30. The predicted octanol–water partition coefficient (Wildman–Crippen LogP) is 4.62. The number of nitrogens with one attached hydrogen (secondary N) is 3. The molecular formula is C16H20BrF4N5O2S. The molecule has 0 saturated carbocycles. The molecule has 0 aliphatic carbocycles. The Morgan fingerprint density at radius 3 is 2.52 bits per heavy atom. The van der Waals surface area contributed by atoms with Crippen LogP contribution in [0.1, 0.15) is 23.0 Å². The molecular weight excluding hydrogens is 482 g/mol. The van der Waals surface area contributed by atoms with Crippen molar-refractivity contribution in [2.75, 3.05) is 17.1 Å². The van der Waals surface area contributed by atoms with Crippen molar-refractivity contribution in [1.82, 2.24) is 14.5 Å². The quantitative estimate of drug-likeness (QED) is 0.221. The number of halogens is 5. The van der Waals surface area contributed by atoms with Gasteiger partial charge in [0.1, 0.15) is 17.7 Å². The Bertz CT molecular complexity index is 819. The van der Waals surface area contributed by atoms with Crippen LogP contribution in [-0.4, -0.2) is 35.7 Å². The zero-order valence-electron chi connectivity index (χ0n) is 15.9. The summed E-state index contributed by atoms with van der Waals surface area (Å²) in [6.07, 6.45) is -5.34. The van der Waals surface area contributed by atoms with E-state index < -0.39 is 12.6 Å². The van der Waals surface area contributed by atoms with Crippen LogP contribution in [0.25, 0.3) is 0 Å². The second-order valence-electron chi connectivity index (χ2n) is 5.53. The van der Waals surface area contributed by atoms with Gasteiger partial charge in [0.05, 0.1) is 4.47 Å². The maximum Gasteiger partial charge on any atom is 0.524 e. The summed E-state index contributed by atoms with van der Waals surface area (Å²) in [6, 6.07) is 4.94. The zero-order valence-corrected chi connectivity index (χ0v) is 18.3. The highest BCUT2D eigenvalue weighted by molar-refractivity contribution is 9.10. The number of benzene rings is 1. The summed E-state index contributed by atoms with van der Waals surface area (Å²) >= 11 is 3.90. The van der Waals surface area contributed by atoms with Crippen LogP contribution in [0.4, 0.5) is 29.1 Å². The van der Waals surface area contributed by atoms with Gasteiger partial charge in [-0.1, -0.05) is 0 Å². The normalized spacial score (nSPS) is 12.0. The van der Waals surface area contributed by atoms with Crippen molar-refractivity contribution in [3.8, 4) is 0 Å². The summed E-state index contributed by atoms with van der Waals surface area (Å²) in [6.45, 7) is 2.95. The van der Waals surface area contributed by atoms with E-state index in [4.69, 9.17) is 0 Å². The van der Waals surface area contributed by atoms with Crippen molar-refractivity contribution < 1.29 is 27.1 Å². The second-order valence-corrected chi connectivity index (χ2v) is 6.97. The van der Waals surface area contributed by atoms with Crippen LogP contribution in [0.2, 0.25) is 0 Å². The fraction of sp³-hybridized carbons (Fsp3) is 0.375. The minimum absolute atomic E-state index is 0.154. The Labute approximate surface area is 178 Å². The maximum absolute atomic E-state index is 12.6. The number of carbonyl (C=O) groups is 1. The van der Waals surface area contributed by atoms with E-state index in [9.17, 15) is 22.4 Å². The molecule has 2 rings (SSSR count). The number of hydrogen-bond acceptors (Lipinski definition) is 7. The Balaban J connectivity index is 0.000000352. The van der Waals surface area contributed by atoms with E-state index >= 15 is 0 Å². The lowest BCUT2D eigenvalue weighted by Gasteiger charge is -2.15. The van der Waals surface area contributed by atoms with Crippen molar-refractivity contribution in [2.24, 2.45) is 7.05 Å². The number of hydrogen-bond donors (Lipinski definition) is 3. The largest absolute Gasteiger partial charge is 0.524 e. The number of carbonyl (C=O) groups excluding carboxylic acids is 1. The first-order chi connectivity index (χ1) is 13.5. The van der Waals surface area contributed by atoms with Gasteiger partial charge in [-0.2, -0.15) is 5.10 Å². The molecule has 1 atom stereocenters. The summed E-state index contributed by atoms with van der Waals surface area (Å²) in [5.41, 5.74) is 1.92. The first-order valence-corrected chi connectivity index (χ1v) is 9.63. The molecule has 29 heavy (non-hydrogen) atoms. The second kappa shape index (κ2) is 11.4. The SMILES string of the molecule is CC(NSNc1nn(C)c(C=O)c1Br)OC(F)(F)F.CNc1ccc(F)c(C)c1. The molecule has 1 aromatic heterocycles. The van der Waals surface area contributed by atoms with Crippen LogP contribution in [-0.2, 0) is 11.8 Å². The Morgan fingerprint density at radius 1 is 1.38 bits per heavy atom. The third kappa shape index (κ3) is 8.60. The topological polar surface area (TPSA) is 80.2 Å². The van der Waals surface area contributed by atoms with Crippen LogP contribution >= 0.6 is 28.1 Å². The third-order valence-electron chi connectivity index (χ3n) is 3.27. The average molecular weight is 502 g/mol. The molecule has 1 unspecified atom stereocenters. The van der Waals surface area contributed by atoms with E-state index in [1.54, 1.807) is 26.1 Å². The monoisotopic (exact) mass is 501 g/mol. The Hall–Kier alpha value is -1.83. The van der Waals surface area contributed by atoms with Crippen LogP contribution in [0, 0.1) is 12.7 Å². The van der Waals surface area contributed by atoms with Crippen molar-refractivity contribution in [2.45, 2.75) is 26.4 Å². The van der Waals surface area contributed by atoms with Gasteiger partial charge in [0.2, 0.25) is 0 Å². The molecule has 0 spiro atoms. The highest BCUT2D eigenvalue weighted by atomic mass is 79.9. The molecule has 0 fully saturated rings. The van der Waals surface area contributed by atoms with E-state index in [1.165, 1.54) is 17.7 Å². The summed E-state index contributed by atoms with van der Waals surface area (Å²) < 4.78 is 58.7. The van der Waals surface area contributed by atoms with Crippen LogP contribution in [0.15, 0.2) is 22.7 Å². The zero-order chi connectivity index (χ0) is 22.2. The van der Waals surface area contributed by atoms with E-state index in [0.717, 1.165) is 17.8 Å². The summed E-state index contributed by atoms with van der Waals surface area (Å²) in [5.74, 6) is 0.153. The smallest absolute Gasteiger partial charge is 0.388 e. The van der Waals surface area contributed by atoms with Crippen LogP contribution in [0.5, 0.6) is 0 Å². The molecule has 0 amide bonds. The van der Waals surface area contributed by atoms with Crippen LogP contribution < -0.4 is 14.8 Å². The molecule has 0 radical (unpaired) electrons. The minimum atomic E-state index is -4.71. The van der Waals surface area contributed by atoms with Gasteiger partial charge in [0, 0.05) is 31.9 Å². The summed E-state index contributed by atoms with van der Waals surface area (Å²) in [4.78, 5) is 10.7. The van der Waals surface area contributed by atoms with Gasteiger partial charge >= 0.3 is 6.36 Å². The molecule has 1 heterocycles. The Morgan fingerprint density at radius 2 is 2.03 bits per heavy atom. The molecule has 2 aromatic rings. The number of nitrogens with zero attached hydrogens (tertiary/aromatic N) is 2. The summed E-state index contributed by atoms with van der Waals surface area (Å²) in [7, 11) is 3.37. The molecule has 0 aliphatic heterocycles. The van der Waals surface area contributed by atoms with Crippen LogP contribution in [0.3, 0.4) is 0 Å². The van der Waals surface area contributed by atoms with Gasteiger partial charge in [-0.25, -0.2) is 9.11 Å². The number of rotatable bonds is 7. The lowest BCUT2D eigenvalue weighted by molar-refractivity contribution is -0.341. The molecule has 1 aromatic carbocycles. The molecule has 0 bridgehead atoms. The van der Waals surface area contributed by atoms with E-state index in [-0.39, 0.29) is 5.82 Å². The Kier molecular flexibility index (Phi) is 9.89. The fourth-order valence-corrected chi connectivity index (χ4v) is 3.06. The molecule has 13 heteroatoms. The first kappa shape index (κ1) is 25.2. The van der Waals surface area contributed by atoms with E-state index in [1.807, 2.05) is 7.05 Å². The fourth-order valence-electron chi connectivity index (χ4n) is 1.89. The predicted molar refractivity (Wildman–Crippen MR) is 108 cm³/mol. The van der Waals surface area contributed by atoms with Crippen molar-refractivity contribution in [1.29, 1.82) is 0 Å². The van der Waals surface area contributed by atoms with Gasteiger partial charge < -0.3 is 5.32 Å². The average Bonchev–Trinajstić information content (AvgIpc) is 2.89. The number of aromatic nitrogens is 2. The van der Waals surface area contributed by atoms with Gasteiger partial charge in [-0.3, -0.25) is 18.9 Å². The number of aryl methyl sites for hydroxylation is 2. The highest BCUT2D eigenvalue weighted by Crippen LogP contribution is 2.26. The molecule has 7 nitrogen and oxygen atoms in total. The number of ether oxygens (including phenoxy) is 1. The van der Waals surface area contributed by atoms with Crippen molar-refractivity contribution in [3.05, 3.63) is 39.7 Å². The maximum atomic E-state index is 12.6. The van der Waals surface area contributed by atoms with Gasteiger partial charge in [-0.05, 0) is 53.5 Å². The third-order valence-corrected chi connectivity index (χ3v) is 4.80. The molecule has 0 aliphatic rings. The highest BCUT2D eigenvalue weighted by Gasteiger charge is 2.31. The molecule has 0 saturated heterocycles. The molecule has 3 N–H and O–H groups in total. The van der Waals surface area contributed by atoms with Gasteiger partial charge in [-0.15, -0.1) is 13.2 Å².